The fourth-order valence-electron chi connectivity index (χ4n) is 10.6. The molecule has 290 valence electrons. The van der Waals surface area contributed by atoms with Gasteiger partial charge in [0.2, 0.25) is 0 Å². The van der Waals surface area contributed by atoms with Crippen LogP contribution in [0.25, 0.3) is 0 Å². The van der Waals surface area contributed by atoms with E-state index in [-0.39, 0.29) is 16.1 Å². The first-order valence-corrected chi connectivity index (χ1v) is 24.7. The number of halogens is 2. The summed E-state index contributed by atoms with van der Waals surface area (Å²) >= 11 is 6.69. The average Bonchev–Trinajstić information content (AvgIpc) is 3.63. The van der Waals surface area contributed by atoms with Crippen LogP contribution >= 0.6 is 36.5 Å². The quantitative estimate of drug-likeness (QED) is 0.218. The van der Waals surface area contributed by atoms with Crippen LogP contribution < -0.4 is 0 Å². The normalized spacial score (nSPS) is 32.7. The molecule has 0 N–H and O–H groups in total. The summed E-state index contributed by atoms with van der Waals surface area (Å²) in [5.41, 5.74) is 7.69. The molecule has 8 heteroatoms. The molecule has 4 bridgehead atoms. The van der Waals surface area contributed by atoms with Gasteiger partial charge in [-0.15, -0.1) is 0 Å². The predicted octanol–water partition coefficient (Wildman–Crippen LogP) is 13.7. The molecule has 2 aromatic carbocycles. The zero-order chi connectivity index (χ0) is 38.7. The second-order valence-electron chi connectivity index (χ2n) is 16.3. The van der Waals surface area contributed by atoms with Gasteiger partial charge in [-0.3, -0.25) is 9.34 Å². The molecule has 2 saturated carbocycles. The topological polar surface area (TPSA) is 6.48 Å². The number of rotatable bonds is 5. The SMILES string of the molecule is C[C@H](c1ccccc1)N1[C@@H]([C@H]2C3=C([C@H]4C[C@@H](C3)C4(C)C)[P@](C)N2[C@H](C)c2ccccc2)C2=C(C[C@H]3C[C@@H]2C3(C)C)[P@@]1C.[CH2][CH][CH2].[CH2][CH][CH2].[Cl][Ni].[Cl][Ni]. The maximum absolute atomic E-state index is 4.26. The van der Waals surface area contributed by atoms with Crippen LogP contribution in [0.2, 0.25) is 0 Å². The van der Waals surface area contributed by atoms with Crippen LogP contribution in [0.5, 0.6) is 0 Å². The van der Waals surface area contributed by atoms with Crippen molar-refractivity contribution in [2.75, 3.05) is 13.3 Å². The van der Waals surface area contributed by atoms with E-state index < -0.39 is 0 Å². The third kappa shape index (κ3) is 7.90. The Kier molecular flexibility index (Phi) is 16.6. The van der Waals surface area contributed by atoms with E-state index in [0.717, 1.165) is 23.7 Å². The summed E-state index contributed by atoms with van der Waals surface area (Å²) in [6.07, 6.45) is 8.53. The number of allylic oxidation sites excluding steroid dienone is 2. The van der Waals surface area contributed by atoms with Crippen LogP contribution in [-0.4, -0.2) is 34.8 Å². The van der Waals surface area contributed by atoms with E-state index in [4.69, 9.17) is 0 Å². The molecule has 6 radical (unpaired) electrons. The Balaban J connectivity index is 0.000000552. The Morgan fingerprint density at radius 1 is 0.673 bits per heavy atom. The van der Waals surface area contributed by atoms with Crippen molar-refractivity contribution >= 4 is 36.5 Å². The van der Waals surface area contributed by atoms with E-state index >= 15 is 0 Å². The van der Waals surface area contributed by atoms with E-state index in [1.54, 1.807) is 0 Å². The van der Waals surface area contributed by atoms with Crippen LogP contribution in [0.3, 0.4) is 0 Å². The second-order valence-corrected chi connectivity index (χ2v) is 20.3. The van der Waals surface area contributed by atoms with Crippen LogP contribution in [-0.2, 0) is 29.1 Å². The first-order chi connectivity index (χ1) is 24.9. The third-order valence-electron chi connectivity index (χ3n) is 13.5. The first kappa shape index (κ1) is 45.0. The molecule has 2 nitrogen and oxygen atoms in total. The molecule has 10 rings (SSSR count). The maximum atomic E-state index is 4.26. The van der Waals surface area contributed by atoms with Gasteiger partial charge in [-0.25, -0.2) is 0 Å². The van der Waals surface area contributed by atoms with Gasteiger partial charge in [-0.2, -0.15) is 0 Å². The van der Waals surface area contributed by atoms with E-state index in [2.05, 4.69) is 202 Å². The van der Waals surface area contributed by atoms with Crippen molar-refractivity contribution in [3.63, 3.8) is 0 Å². The molecule has 0 unspecified atom stereocenters. The van der Waals surface area contributed by atoms with Gasteiger partial charge in [0.1, 0.15) is 0 Å². The summed E-state index contributed by atoms with van der Waals surface area (Å²) in [5, 5.41) is 3.80. The summed E-state index contributed by atoms with van der Waals surface area (Å²) in [6.45, 7) is 33.7. The molecule has 2 aliphatic heterocycles. The molecule has 10 atom stereocenters. The zero-order valence-corrected chi connectivity index (χ0v) is 37.7. The molecular weight excluding hydrogens is 807 g/mol. The summed E-state index contributed by atoms with van der Waals surface area (Å²) in [5.74, 6) is 3.27. The summed E-state index contributed by atoms with van der Waals surface area (Å²) in [6, 6.07) is 24.8. The van der Waals surface area contributed by atoms with Crippen LogP contribution in [0.1, 0.15) is 90.4 Å². The van der Waals surface area contributed by atoms with Gasteiger partial charge in [-0.1, -0.05) is 88.4 Å². The molecule has 2 aromatic rings. The van der Waals surface area contributed by atoms with Crippen molar-refractivity contribution in [3.05, 3.63) is 134 Å². The van der Waals surface area contributed by atoms with E-state index in [1.165, 1.54) is 49.7 Å². The van der Waals surface area contributed by atoms with E-state index in [1.807, 2.05) is 21.8 Å². The second kappa shape index (κ2) is 19.1. The summed E-state index contributed by atoms with van der Waals surface area (Å²) in [4.78, 5) is 0. The van der Waals surface area contributed by atoms with Gasteiger partial charge in [-0.05, 0) is 177 Å². The number of benzene rings is 2. The molecule has 6 aliphatic carbocycles. The average molecular weight is 867 g/mol. The summed E-state index contributed by atoms with van der Waals surface area (Å²) in [7, 11) is 7.86. The van der Waals surface area contributed by atoms with Crippen molar-refractivity contribution in [1.82, 2.24) is 9.34 Å². The molecule has 52 heavy (non-hydrogen) atoms. The third-order valence-corrected chi connectivity index (χ3v) is 18.6. The standard InChI is InChI=1S/C38H50N2P2.2C3H5.2ClH.2Ni/c1-23(25-15-11-9-12-16-25)39-34(29-19-27-21-31(38(27,5)6)36(29)42(39)8)35-33-30-20-28(37(30,3)4)22-32(33)41(7)40(35)24(2)26-17-13-10-14-18-26;2*1-3-2;;;;/h9-18,23-24,27-28,30-31,34-35H,19-22H2,1-8H3;2*3H,1-2H2;2*1H;;/q;;;;;2*+1/p-2/t23-,24-,27-,28-,30+,31-,34-,35-,41-,42+;;;;;;/m1....../s1. The minimum absolute atomic E-state index is 0.321. The molecule has 2 heterocycles. The molecule has 0 aromatic heterocycles. The van der Waals surface area contributed by atoms with Crippen molar-refractivity contribution in [2.24, 2.45) is 34.5 Å². The number of hydrogen-bond acceptors (Lipinski definition) is 2. The Hall–Kier alpha value is 0.267. The monoisotopic (exact) mass is 864 g/mol. The van der Waals surface area contributed by atoms with Crippen molar-refractivity contribution in [1.29, 1.82) is 0 Å². The Labute approximate surface area is 346 Å². The fraction of sp³-hybridized carbons (Fsp3) is 0.500. The fourth-order valence-corrected chi connectivity index (χ4v) is 16.4. The van der Waals surface area contributed by atoms with Crippen molar-refractivity contribution in [2.45, 2.75) is 91.4 Å². The number of hydrogen-bond donors (Lipinski definition) is 0. The molecule has 0 amide bonds. The van der Waals surface area contributed by atoms with Gasteiger partial charge in [0.25, 0.3) is 0 Å². The van der Waals surface area contributed by atoms with E-state index in [9.17, 15) is 0 Å². The first-order valence-electron chi connectivity index (χ1n) is 18.5. The molecule has 0 saturated heterocycles. The van der Waals surface area contributed by atoms with Gasteiger partial charge in [0.15, 0.2) is 0 Å². The van der Waals surface area contributed by atoms with Gasteiger partial charge in [0, 0.05) is 12.1 Å². The van der Waals surface area contributed by atoms with Crippen molar-refractivity contribution in [3.8, 4) is 0 Å². The molecule has 8 aliphatic rings. The van der Waals surface area contributed by atoms with Gasteiger partial charge >= 0.3 is 49.5 Å². The Bertz CT molecular complexity index is 1510. The predicted molar refractivity (Wildman–Crippen MR) is 222 cm³/mol. The summed E-state index contributed by atoms with van der Waals surface area (Å²) < 4.78 is 6.18. The van der Waals surface area contributed by atoms with E-state index in [0.29, 0.717) is 35.0 Å². The molecule has 0 spiro atoms. The van der Waals surface area contributed by atoms with Crippen LogP contribution in [0.4, 0.5) is 0 Å². The Morgan fingerprint density at radius 2 is 1.08 bits per heavy atom. The molecule has 2 fully saturated rings. The zero-order valence-electron chi connectivity index (χ0n) is 32.4. The van der Waals surface area contributed by atoms with Crippen LogP contribution in [0.15, 0.2) is 82.4 Å². The van der Waals surface area contributed by atoms with Gasteiger partial charge < -0.3 is 0 Å². The Morgan fingerprint density at radius 3 is 1.52 bits per heavy atom. The number of nitrogens with zero attached hydrogens (tertiary/aromatic N) is 2. The van der Waals surface area contributed by atoms with Crippen molar-refractivity contribution < 1.29 is 29.1 Å². The van der Waals surface area contributed by atoms with Crippen LogP contribution in [0, 0.1) is 75.0 Å². The molecular formula is C44H60Cl2N2Ni2P2. The minimum atomic E-state index is -0.350. The van der Waals surface area contributed by atoms with Gasteiger partial charge in [0.05, 0.1) is 12.1 Å².